The Morgan fingerprint density at radius 3 is 2.52 bits per heavy atom. The van der Waals surface area contributed by atoms with E-state index in [0.29, 0.717) is 11.1 Å². The van der Waals surface area contributed by atoms with Gasteiger partial charge in [0.1, 0.15) is 5.75 Å². The second-order valence-electron chi connectivity index (χ2n) is 7.26. The van der Waals surface area contributed by atoms with Crippen molar-refractivity contribution in [2.75, 3.05) is 14.2 Å². The van der Waals surface area contributed by atoms with Gasteiger partial charge in [0, 0.05) is 35.5 Å². The molecule has 0 atom stereocenters. The highest BCUT2D eigenvalue weighted by Crippen LogP contribution is 2.32. The van der Waals surface area contributed by atoms with Gasteiger partial charge in [-0.3, -0.25) is 9.59 Å². The van der Waals surface area contributed by atoms with Crippen molar-refractivity contribution in [3.05, 3.63) is 70.8 Å². The lowest BCUT2D eigenvalue weighted by Crippen LogP contribution is -2.43. The maximum atomic E-state index is 13.0. The highest BCUT2D eigenvalue weighted by atomic mass is 16.5. The third kappa shape index (κ3) is 3.87. The fourth-order valence-electron chi connectivity index (χ4n) is 3.39. The number of carbonyl (C=O) groups is 2. The molecular weight excluding hydrogens is 340 g/mol. The van der Waals surface area contributed by atoms with Crippen LogP contribution in [0, 0.1) is 0 Å². The SMILES string of the molecule is CNC(=O)c1ccccc1C(=O)C=C1NC(C)(C)Cc2ccc(OC)cc21. The number of methoxy groups -OCH3 is 1. The van der Waals surface area contributed by atoms with Gasteiger partial charge in [-0.05, 0) is 44.0 Å². The van der Waals surface area contributed by atoms with E-state index in [1.807, 2.05) is 18.2 Å². The Labute approximate surface area is 159 Å². The van der Waals surface area contributed by atoms with Crippen LogP contribution in [-0.4, -0.2) is 31.4 Å². The summed E-state index contributed by atoms with van der Waals surface area (Å²) in [6.45, 7) is 4.19. The molecule has 1 aliphatic heterocycles. The second-order valence-corrected chi connectivity index (χ2v) is 7.26. The molecule has 5 heteroatoms. The van der Waals surface area contributed by atoms with Crippen LogP contribution in [-0.2, 0) is 6.42 Å². The number of ketones is 1. The first-order valence-electron chi connectivity index (χ1n) is 8.87. The Hall–Kier alpha value is -3.08. The Morgan fingerprint density at radius 1 is 1.15 bits per heavy atom. The van der Waals surface area contributed by atoms with Gasteiger partial charge in [0.05, 0.1) is 12.7 Å². The Kier molecular flexibility index (Phi) is 5.04. The van der Waals surface area contributed by atoms with Gasteiger partial charge in [0.2, 0.25) is 0 Å². The first-order chi connectivity index (χ1) is 12.8. The third-order valence-corrected chi connectivity index (χ3v) is 4.65. The molecule has 0 saturated heterocycles. The van der Waals surface area contributed by atoms with E-state index in [1.165, 1.54) is 0 Å². The molecule has 1 amide bonds. The first kappa shape index (κ1) is 18.7. The van der Waals surface area contributed by atoms with Crippen LogP contribution in [0.15, 0.2) is 48.5 Å². The molecule has 2 N–H and O–H groups in total. The van der Waals surface area contributed by atoms with Gasteiger partial charge in [-0.1, -0.05) is 24.3 Å². The molecule has 1 heterocycles. The molecule has 0 radical (unpaired) electrons. The number of rotatable bonds is 4. The second kappa shape index (κ2) is 7.27. The number of ether oxygens (including phenoxy) is 1. The summed E-state index contributed by atoms with van der Waals surface area (Å²) in [4.78, 5) is 25.1. The molecule has 0 fully saturated rings. The van der Waals surface area contributed by atoms with E-state index in [0.717, 1.165) is 29.0 Å². The summed E-state index contributed by atoms with van der Waals surface area (Å²) in [5.74, 6) is 0.235. The van der Waals surface area contributed by atoms with E-state index < -0.39 is 0 Å². The lowest BCUT2D eigenvalue weighted by Gasteiger charge is -2.35. The Balaban J connectivity index is 2.07. The molecule has 2 aromatic rings. The normalized spacial score (nSPS) is 16.2. The van der Waals surface area contributed by atoms with Crippen LogP contribution in [0.3, 0.4) is 0 Å². The fraction of sp³-hybridized carbons (Fsp3) is 0.273. The van der Waals surface area contributed by atoms with Gasteiger partial charge in [-0.15, -0.1) is 0 Å². The van der Waals surface area contributed by atoms with Gasteiger partial charge in [-0.25, -0.2) is 0 Å². The van der Waals surface area contributed by atoms with Crippen molar-refractivity contribution >= 4 is 17.4 Å². The van der Waals surface area contributed by atoms with Crippen LogP contribution in [0.25, 0.3) is 5.70 Å². The number of hydrogen-bond donors (Lipinski definition) is 2. The zero-order valence-corrected chi connectivity index (χ0v) is 16.1. The van der Waals surface area contributed by atoms with Gasteiger partial charge < -0.3 is 15.4 Å². The van der Waals surface area contributed by atoms with E-state index >= 15 is 0 Å². The lowest BCUT2D eigenvalue weighted by atomic mass is 9.85. The molecular formula is C22H24N2O3. The minimum atomic E-state index is -0.281. The molecule has 0 saturated carbocycles. The molecule has 3 rings (SSSR count). The van der Waals surface area contributed by atoms with Crippen molar-refractivity contribution < 1.29 is 14.3 Å². The van der Waals surface area contributed by atoms with Gasteiger partial charge in [0.15, 0.2) is 5.78 Å². The molecule has 0 unspecified atom stereocenters. The molecule has 1 aliphatic rings. The molecule has 0 bridgehead atoms. The Morgan fingerprint density at radius 2 is 1.85 bits per heavy atom. The summed E-state index contributed by atoms with van der Waals surface area (Å²) >= 11 is 0. The zero-order valence-electron chi connectivity index (χ0n) is 16.1. The summed E-state index contributed by atoms with van der Waals surface area (Å²) in [7, 11) is 3.17. The van der Waals surface area contributed by atoms with Gasteiger partial charge >= 0.3 is 0 Å². The van der Waals surface area contributed by atoms with Gasteiger partial charge in [-0.2, -0.15) is 0 Å². The number of hydrogen-bond acceptors (Lipinski definition) is 4. The number of nitrogens with one attached hydrogen (secondary N) is 2. The predicted octanol–water partition coefficient (Wildman–Crippen LogP) is 3.20. The fourth-order valence-corrected chi connectivity index (χ4v) is 3.39. The minimum Gasteiger partial charge on any atom is -0.497 e. The van der Waals surface area contributed by atoms with Crippen LogP contribution in [0.1, 0.15) is 45.7 Å². The maximum Gasteiger partial charge on any atom is 0.251 e. The maximum absolute atomic E-state index is 13.0. The number of allylic oxidation sites excluding steroid dienone is 1. The monoisotopic (exact) mass is 364 g/mol. The highest BCUT2D eigenvalue weighted by molar-refractivity contribution is 6.14. The van der Waals surface area contributed by atoms with E-state index in [9.17, 15) is 9.59 Å². The number of amides is 1. The van der Waals surface area contributed by atoms with Crippen LogP contribution in [0.4, 0.5) is 0 Å². The van der Waals surface area contributed by atoms with Crippen molar-refractivity contribution in [2.24, 2.45) is 0 Å². The molecule has 2 aromatic carbocycles. The van der Waals surface area contributed by atoms with Gasteiger partial charge in [0.25, 0.3) is 5.91 Å². The van der Waals surface area contributed by atoms with Crippen LogP contribution < -0.4 is 15.4 Å². The summed E-state index contributed by atoms with van der Waals surface area (Å²) in [6.07, 6.45) is 2.41. The van der Waals surface area contributed by atoms with Crippen molar-refractivity contribution in [3.63, 3.8) is 0 Å². The number of benzene rings is 2. The zero-order chi connectivity index (χ0) is 19.6. The first-order valence-corrected chi connectivity index (χ1v) is 8.87. The van der Waals surface area contributed by atoms with Crippen LogP contribution in [0.5, 0.6) is 5.75 Å². The topological polar surface area (TPSA) is 67.4 Å². The average molecular weight is 364 g/mol. The molecule has 0 aromatic heterocycles. The van der Waals surface area contributed by atoms with Crippen molar-refractivity contribution in [2.45, 2.75) is 25.8 Å². The molecule has 27 heavy (non-hydrogen) atoms. The van der Waals surface area contributed by atoms with Crippen LogP contribution in [0.2, 0.25) is 0 Å². The summed E-state index contributed by atoms with van der Waals surface area (Å²) in [5, 5.41) is 6.03. The summed E-state index contributed by atoms with van der Waals surface area (Å²) in [6, 6.07) is 12.7. The highest BCUT2D eigenvalue weighted by Gasteiger charge is 2.28. The molecule has 0 aliphatic carbocycles. The lowest BCUT2D eigenvalue weighted by molar-refractivity contribution is 0.0951. The summed E-state index contributed by atoms with van der Waals surface area (Å²) in [5.41, 5.74) is 3.38. The quantitative estimate of drug-likeness (QED) is 0.646. The summed E-state index contributed by atoms with van der Waals surface area (Å²) < 4.78 is 5.34. The van der Waals surface area contributed by atoms with E-state index in [4.69, 9.17) is 4.74 Å². The predicted molar refractivity (Wildman–Crippen MR) is 106 cm³/mol. The Bertz CT molecular complexity index is 929. The molecule has 5 nitrogen and oxygen atoms in total. The molecule has 0 spiro atoms. The third-order valence-electron chi connectivity index (χ3n) is 4.65. The number of carbonyl (C=O) groups excluding carboxylic acids is 2. The van der Waals surface area contributed by atoms with Crippen molar-refractivity contribution in [3.8, 4) is 5.75 Å². The van der Waals surface area contributed by atoms with E-state index in [-0.39, 0.29) is 17.2 Å². The number of fused-ring (bicyclic) bond motifs is 1. The van der Waals surface area contributed by atoms with Crippen LogP contribution >= 0.6 is 0 Å². The molecule has 140 valence electrons. The van der Waals surface area contributed by atoms with E-state index in [2.05, 4.69) is 24.5 Å². The smallest absolute Gasteiger partial charge is 0.251 e. The van der Waals surface area contributed by atoms with E-state index in [1.54, 1.807) is 44.5 Å². The van der Waals surface area contributed by atoms with Crippen molar-refractivity contribution in [1.29, 1.82) is 0 Å². The average Bonchev–Trinajstić information content (AvgIpc) is 2.66. The largest absolute Gasteiger partial charge is 0.497 e. The van der Waals surface area contributed by atoms with Crippen molar-refractivity contribution in [1.82, 2.24) is 10.6 Å². The standard InChI is InChI=1S/C22H24N2O3/c1-22(2)13-14-9-10-15(27-4)11-18(14)19(24-22)12-20(25)16-7-5-6-8-17(16)21(26)23-3/h5-12,24H,13H2,1-4H3,(H,23,26). The minimum absolute atomic E-state index is 0.186.